The molecular formula is C30H36N2O3. The van der Waals surface area contributed by atoms with E-state index in [0.717, 1.165) is 49.8 Å². The van der Waals surface area contributed by atoms with Gasteiger partial charge < -0.3 is 15.4 Å². The predicted octanol–water partition coefficient (Wildman–Crippen LogP) is 5.11. The highest BCUT2D eigenvalue weighted by Crippen LogP contribution is 2.55. The Bertz CT molecular complexity index is 1160. The van der Waals surface area contributed by atoms with E-state index >= 15 is 0 Å². The molecule has 3 aliphatic carbocycles. The van der Waals surface area contributed by atoms with Crippen molar-refractivity contribution in [3.05, 3.63) is 77.2 Å². The van der Waals surface area contributed by atoms with Gasteiger partial charge >= 0.3 is 5.97 Å². The number of Topliss-reactive ketones (excluding diaryl/α,β-unsaturated/α-hetero) is 1. The normalized spacial score (nSPS) is 32.1. The molecule has 1 fully saturated rings. The standard InChI is InChI=1S/C30H36N2O3/c1-19-16-30(2)17-23-15-22(14-20-8-10-21(11-9-20)29(34)35-3)24-6-4-5-7-25(24)27(23)28(33)26(30)18-32(19)13-12-31/h4-8,10-13,19-20,22,26H,9,14-18,31H2,1-3H3/b13-12-. The fourth-order valence-corrected chi connectivity index (χ4v) is 7.05. The van der Waals surface area contributed by atoms with Crippen molar-refractivity contribution >= 4 is 17.3 Å². The molecular weight excluding hydrogens is 436 g/mol. The summed E-state index contributed by atoms with van der Waals surface area (Å²) in [6.07, 6.45) is 14.3. The van der Waals surface area contributed by atoms with Gasteiger partial charge in [-0.3, -0.25) is 4.79 Å². The van der Waals surface area contributed by atoms with E-state index < -0.39 is 0 Å². The number of ketones is 1. The van der Waals surface area contributed by atoms with E-state index in [1.165, 1.54) is 18.2 Å². The number of hydrogen-bond donors (Lipinski definition) is 1. The van der Waals surface area contributed by atoms with Gasteiger partial charge in [0.15, 0.2) is 5.78 Å². The molecule has 1 aromatic rings. The Morgan fingerprint density at radius 3 is 2.83 bits per heavy atom. The molecule has 0 saturated carbocycles. The van der Waals surface area contributed by atoms with E-state index in [4.69, 9.17) is 10.5 Å². The average molecular weight is 473 g/mol. The van der Waals surface area contributed by atoms with Crippen LogP contribution in [0.4, 0.5) is 0 Å². The largest absolute Gasteiger partial charge is 0.465 e. The number of fused-ring (bicyclic) bond motifs is 3. The summed E-state index contributed by atoms with van der Waals surface area (Å²) < 4.78 is 4.86. The van der Waals surface area contributed by atoms with Gasteiger partial charge in [-0.15, -0.1) is 0 Å². The first-order valence-corrected chi connectivity index (χ1v) is 12.8. The van der Waals surface area contributed by atoms with E-state index in [-0.39, 0.29) is 17.3 Å². The van der Waals surface area contributed by atoms with Crippen LogP contribution in [-0.2, 0) is 14.3 Å². The zero-order valence-electron chi connectivity index (χ0n) is 21.0. The van der Waals surface area contributed by atoms with Crippen molar-refractivity contribution in [3.8, 4) is 0 Å². The molecule has 0 bridgehead atoms. The quantitative estimate of drug-likeness (QED) is 0.617. The summed E-state index contributed by atoms with van der Waals surface area (Å²) in [5.41, 5.74) is 11.1. The molecule has 5 unspecified atom stereocenters. The minimum absolute atomic E-state index is 0.0126. The van der Waals surface area contributed by atoms with Crippen LogP contribution in [0, 0.1) is 17.3 Å². The highest BCUT2D eigenvalue weighted by atomic mass is 16.5. The molecule has 0 spiro atoms. The first kappa shape index (κ1) is 23.7. The molecule has 1 heterocycles. The molecule has 0 aromatic heterocycles. The monoisotopic (exact) mass is 472 g/mol. The molecule has 1 aromatic carbocycles. The summed E-state index contributed by atoms with van der Waals surface area (Å²) in [6, 6.07) is 8.87. The SMILES string of the molecule is COC(=O)C1=CCC(CC2CC3=C(C(=O)C4CN(/C=C\N)C(C)CC4(C)C3)c3ccccc32)C=C1. The number of ether oxygens (including phenoxy) is 1. The lowest BCUT2D eigenvalue weighted by Gasteiger charge is -2.52. The molecule has 5 rings (SSSR count). The lowest BCUT2D eigenvalue weighted by Crippen LogP contribution is -2.53. The fourth-order valence-electron chi connectivity index (χ4n) is 7.05. The van der Waals surface area contributed by atoms with Gasteiger partial charge in [-0.25, -0.2) is 4.79 Å². The van der Waals surface area contributed by atoms with Crippen LogP contribution in [0.2, 0.25) is 0 Å². The van der Waals surface area contributed by atoms with Crippen molar-refractivity contribution < 1.29 is 14.3 Å². The molecule has 0 radical (unpaired) electrons. The predicted molar refractivity (Wildman–Crippen MR) is 138 cm³/mol. The topological polar surface area (TPSA) is 72.6 Å². The number of rotatable bonds is 4. The number of esters is 1. The number of likely N-dealkylation sites (tertiary alicyclic amines) is 1. The number of nitrogens with zero attached hydrogens (tertiary/aromatic N) is 1. The Labute approximate surface area is 208 Å². The van der Waals surface area contributed by atoms with Crippen LogP contribution >= 0.6 is 0 Å². The van der Waals surface area contributed by atoms with Crippen molar-refractivity contribution in [1.82, 2.24) is 4.90 Å². The average Bonchev–Trinajstić information content (AvgIpc) is 2.85. The molecule has 5 heteroatoms. The number of carbonyl (C=O) groups excluding carboxylic acids is 2. The smallest absolute Gasteiger partial charge is 0.337 e. The minimum atomic E-state index is -0.275. The number of allylic oxidation sites excluding steroid dienone is 4. The first-order valence-electron chi connectivity index (χ1n) is 12.8. The van der Waals surface area contributed by atoms with Gasteiger partial charge in [0, 0.05) is 36.5 Å². The Morgan fingerprint density at radius 1 is 1.31 bits per heavy atom. The van der Waals surface area contributed by atoms with Crippen molar-refractivity contribution in [2.75, 3.05) is 13.7 Å². The molecule has 0 amide bonds. The van der Waals surface area contributed by atoms with Gasteiger partial charge in [-0.1, -0.05) is 55.0 Å². The molecule has 35 heavy (non-hydrogen) atoms. The molecule has 184 valence electrons. The van der Waals surface area contributed by atoms with Crippen molar-refractivity contribution in [1.29, 1.82) is 0 Å². The highest BCUT2D eigenvalue weighted by molar-refractivity contribution is 6.24. The summed E-state index contributed by atoms with van der Waals surface area (Å²) in [6.45, 7) is 5.28. The van der Waals surface area contributed by atoms with Gasteiger partial charge in [-0.05, 0) is 67.4 Å². The van der Waals surface area contributed by atoms with Gasteiger partial charge in [0.25, 0.3) is 0 Å². The van der Waals surface area contributed by atoms with E-state index in [2.05, 4.69) is 49.1 Å². The zero-order valence-corrected chi connectivity index (χ0v) is 21.0. The third kappa shape index (κ3) is 4.15. The molecule has 5 nitrogen and oxygen atoms in total. The Morgan fingerprint density at radius 2 is 2.11 bits per heavy atom. The van der Waals surface area contributed by atoms with E-state index in [0.29, 0.717) is 29.2 Å². The number of piperidine rings is 1. The second-order valence-electron chi connectivity index (χ2n) is 11.0. The van der Waals surface area contributed by atoms with Gasteiger partial charge in [0.2, 0.25) is 0 Å². The van der Waals surface area contributed by atoms with Crippen LogP contribution in [0.3, 0.4) is 0 Å². The summed E-state index contributed by atoms with van der Waals surface area (Å²) in [5, 5.41) is 0. The second kappa shape index (κ2) is 9.18. The van der Waals surface area contributed by atoms with Gasteiger partial charge in [0.1, 0.15) is 0 Å². The Kier molecular flexibility index (Phi) is 6.20. The first-order chi connectivity index (χ1) is 16.8. The summed E-state index contributed by atoms with van der Waals surface area (Å²) in [4.78, 5) is 28.1. The summed E-state index contributed by atoms with van der Waals surface area (Å²) in [5.74, 6) is 0.769. The molecule has 1 aliphatic heterocycles. The summed E-state index contributed by atoms with van der Waals surface area (Å²) in [7, 11) is 1.42. The Hall–Kier alpha value is -3.08. The van der Waals surface area contributed by atoms with Gasteiger partial charge in [0.05, 0.1) is 12.7 Å². The van der Waals surface area contributed by atoms with Crippen molar-refractivity contribution in [2.24, 2.45) is 23.0 Å². The molecule has 1 saturated heterocycles. The van der Waals surface area contributed by atoms with E-state index in [9.17, 15) is 9.59 Å². The number of hydrogen-bond acceptors (Lipinski definition) is 5. The van der Waals surface area contributed by atoms with E-state index in [1.54, 1.807) is 6.20 Å². The van der Waals surface area contributed by atoms with Crippen LogP contribution < -0.4 is 5.73 Å². The second-order valence-corrected chi connectivity index (χ2v) is 11.0. The minimum Gasteiger partial charge on any atom is -0.465 e. The number of methoxy groups -OCH3 is 1. The molecule has 2 N–H and O–H groups in total. The molecule has 5 atom stereocenters. The number of carbonyl (C=O) groups is 2. The van der Waals surface area contributed by atoms with Crippen LogP contribution in [0.25, 0.3) is 5.57 Å². The third-order valence-corrected chi connectivity index (χ3v) is 8.73. The lowest BCUT2D eigenvalue weighted by atomic mass is 9.57. The van der Waals surface area contributed by atoms with Crippen LogP contribution in [-0.4, -0.2) is 36.3 Å². The highest BCUT2D eigenvalue weighted by Gasteiger charge is 2.51. The van der Waals surface area contributed by atoms with E-state index in [1.807, 2.05) is 18.4 Å². The Balaban J connectivity index is 1.43. The maximum atomic E-state index is 14.0. The van der Waals surface area contributed by atoms with Crippen molar-refractivity contribution in [2.45, 2.75) is 57.9 Å². The maximum Gasteiger partial charge on any atom is 0.337 e. The van der Waals surface area contributed by atoms with Gasteiger partial charge in [-0.2, -0.15) is 0 Å². The summed E-state index contributed by atoms with van der Waals surface area (Å²) >= 11 is 0. The number of nitrogens with two attached hydrogens (primary N) is 1. The third-order valence-electron chi connectivity index (χ3n) is 8.73. The molecule has 4 aliphatic rings. The maximum absolute atomic E-state index is 14.0. The van der Waals surface area contributed by atoms with Crippen molar-refractivity contribution in [3.63, 3.8) is 0 Å². The van der Waals surface area contributed by atoms with Crippen LogP contribution in [0.5, 0.6) is 0 Å². The zero-order chi connectivity index (χ0) is 24.7. The number of benzene rings is 1. The lowest BCUT2D eigenvalue weighted by molar-refractivity contribution is -0.135. The van der Waals surface area contributed by atoms with Crippen LogP contribution in [0.1, 0.15) is 63.0 Å². The fraction of sp³-hybridized carbons (Fsp3) is 0.467. The van der Waals surface area contributed by atoms with Crippen LogP contribution in [0.15, 0.2) is 66.0 Å².